The van der Waals surface area contributed by atoms with Crippen molar-refractivity contribution in [2.45, 2.75) is 0 Å². The molecule has 0 nitrogen and oxygen atoms in total. The summed E-state index contributed by atoms with van der Waals surface area (Å²) < 4.78 is 0. The standard InChI is InChI=1S/C15H11.2BrH.Ti/c1-2-6-12(7-3-1)14-10-4-8-13-9-5-11-15(13)14;;;/h1-11H;2*1H;/q;;;+2/p-2. The van der Waals surface area contributed by atoms with Crippen LogP contribution < -0.4 is 0 Å². The molecule has 0 unspecified atom stereocenters. The van der Waals surface area contributed by atoms with Gasteiger partial charge in [-0.3, -0.25) is 0 Å². The van der Waals surface area contributed by atoms with Gasteiger partial charge in [0.05, 0.1) is 0 Å². The van der Waals surface area contributed by atoms with Gasteiger partial charge >= 0.3 is 41.3 Å². The van der Waals surface area contributed by atoms with Crippen LogP contribution in [0.15, 0.2) is 54.6 Å². The smallest absolute Gasteiger partial charge is 0.0131 e. The number of fused-ring (bicyclic) bond motifs is 1. The number of hydrogen-bond acceptors (Lipinski definition) is 0. The van der Waals surface area contributed by atoms with Crippen LogP contribution in [0.2, 0.25) is 0 Å². The van der Waals surface area contributed by atoms with Crippen LogP contribution in [0.3, 0.4) is 0 Å². The minimum Gasteiger partial charge on any atom is -0.0754 e. The molecule has 1 radical (unpaired) electrons. The molecule has 0 saturated heterocycles. The zero-order chi connectivity index (χ0) is 12.8. The molecule has 0 aliphatic heterocycles. The van der Waals surface area contributed by atoms with Gasteiger partial charge in [-0.15, -0.1) is 0 Å². The average molecular weight is 399 g/mol. The van der Waals surface area contributed by atoms with E-state index in [0.717, 1.165) is 0 Å². The molecule has 2 aromatic rings. The second-order valence-electron chi connectivity index (χ2n) is 3.77. The molecule has 0 N–H and O–H groups in total. The van der Waals surface area contributed by atoms with E-state index in [0.29, 0.717) is 0 Å². The fourth-order valence-electron chi connectivity index (χ4n) is 2.03. The van der Waals surface area contributed by atoms with Gasteiger partial charge in [-0.05, 0) is 22.3 Å². The molecule has 2 aromatic carbocycles. The third-order valence-corrected chi connectivity index (χ3v) is 2.76. The summed E-state index contributed by atoms with van der Waals surface area (Å²) in [6.45, 7) is 0. The predicted octanol–water partition coefficient (Wildman–Crippen LogP) is 5.62. The number of benzene rings is 2. The summed E-state index contributed by atoms with van der Waals surface area (Å²) in [5.74, 6) is 0. The Kier molecular flexibility index (Phi) is 5.90. The van der Waals surface area contributed by atoms with Crippen molar-refractivity contribution < 1.29 is 15.0 Å². The Hall–Kier alpha value is -0.146. The van der Waals surface area contributed by atoms with Gasteiger partial charge in [-0.25, -0.2) is 0 Å². The van der Waals surface area contributed by atoms with Gasteiger partial charge in [0.2, 0.25) is 0 Å². The van der Waals surface area contributed by atoms with Crippen molar-refractivity contribution in [2.75, 3.05) is 0 Å². The van der Waals surface area contributed by atoms with Crippen molar-refractivity contribution in [3.63, 3.8) is 0 Å². The van der Waals surface area contributed by atoms with Crippen LogP contribution >= 0.6 is 26.3 Å². The van der Waals surface area contributed by atoms with E-state index in [9.17, 15) is 0 Å². The maximum Gasteiger partial charge on any atom is 0.0131 e. The van der Waals surface area contributed by atoms with Crippen molar-refractivity contribution in [3.8, 4) is 11.1 Å². The second kappa shape index (κ2) is 7.45. The van der Waals surface area contributed by atoms with Crippen molar-refractivity contribution in [2.24, 2.45) is 0 Å². The maximum atomic E-state index is 3.19. The summed E-state index contributed by atoms with van der Waals surface area (Å²) in [6.07, 6.45) is 6.44. The first-order valence-corrected chi connectivity index (χ1v) is 13.2. The molecule has 3 heteroatoms. The Morgan fingerprint density at radius 2 is 1.56 bits per heavy atom. The van der Waals surface area contributed by atoms with Gasteiger partial charge in [0, 0.05) is 6.42 Å². The zero-order valence-electron chi connectivity index (χ0n) is 9.61. The number of rotatable bonds is 1. The molecule has 0 heterocycles. The van der Waals surface area contributed by atoms with E-state index in [-0.39, 0.29) is 15.0 Å². The van der Waals surface area contributed by atoms with Crippen molar-refractivity contribution in [3.05, 3.63) is 72.2 Å². The molecule has 0 amide bonds. The van der Waals surface area contributed by atoms with Crippen LogP contribution in [-0.4, -0.2) is 0 Å². The molecule has 0 atom stereocenters. The first kappa shape index (κ1) is 14.3. The van der Waals surface area contributed by atoms with Crippen molar-refractivity contribution in [1.82, 2.24) is 0 Å². The second-order valence-corrected chi connectivity index (χ2v) is 11.7. The Labute approximate surface area is 130 Å². The molecule has 1 aliphatic rings. The van der Waals surface area contributed by atoms with E-state index in [2.05, 4.69) is 93.4 Å². The average Bonchev–Trinajstić information content (AvgIpc) is 2.89. The first-order valence-electron chi connectivity index (χ1n) is 5.53. The van der Waals surface area contributed by atoms with Gasteiger partial charge < -0.3 is 0 Å². The van der Waals surface area contributed by atoms with Crippen LogP contribution in [0.1, 0.15) is 11.1 Å². The van der Waals surface area contributed by atoms with E-state index in [4.69, 9.17) is 0 Å². The van der Waals surface area contributed by atoms with Crippen molar-refractivity contribution >= 4 is 32.4 Å². The van der Waals surface area contributed by atoms with Crippen LogP contribution in [0.4, 0.5) is 0 Å². The molecule has 3 rings (SSSR count). The number of allylic oxidation sites excluding steroid dienone is 1. The number of hydrogen-bond donors (Lipinski definition) is 0. The third kappa shape index (κ3) is 3.45. The van der Waals surface area contributed by atoms with Crippen LogP contribution in [0.5, 0.6) is 0 Å². The minimum atomic E-state index is 0.125. The van der Waals surface area contributed by atoms with E-state index in [1.807, 2.05) is 0 Å². The Morgan fingerprint density at radius 3 is 2.28 bits per heavy atom. The first-order chi connectivity index (χ1) is 8.86. The number of halogens is 2. The van der Waals surface area contributed by atoms with Gasteiger partial charge in [0.15, 0.2) is 0 Å². The maximum absolute atomic E-state index is 3.19. The van der Waals surface area contributed by atoms with E-state index in [1.165, 1.54) is 22.3 Å². The van der Waals surface area contributed by atoms with Crippen LogP contribution in [0, 0.1) is 6.42 Å². The summed E-state index contributed by atoms with van der Waals surface area (Å²) in [5, 5.41) is 0. The quantitative estimate of drug-likeness (QED) is 0.547. The third-order valence-electron chi connectivity index (χ3n) is 2.76. The van der Waals surface area contributed by atoms with Crippen LogP contribution in [-0.2, 0) is 15.0 Å². The summed E-state index contributed by atoms with van der Waals surface area (Å²) in [4.78, 5) is 0. The fourth-order valence-corrected chi connectivity index (χ4v) is 2.03. The Balaban J connectivity index is 0.000000367. The summed E-state index contributed by atoms with van der Waals surface area (Å²) in [6, 6.07) is 17.0. The SMILES string of the molecule is [Br][Ti][Br].[CH]1C=Cc2c1cccc2-c1ccccc1. The largest absolute Gasteiger partial charge is 0.0754 e. The molecule has 1 aliphatic carbocycles. The van der Waals surface area contributed by atoms with Gasteiger partial charge in [0.25, 0.3) is 0 Å². The molecule has 0 spiro atoms. The monoisotopic (exact) mass is 397 g/mol. The minimum absolute atomic E-state index is 0.125. The molecule has 89 valence electrons. The summed E-state index contributed by atoms with van der Waals surface area (Å²) >= 11 is 6.50. The van der Waals surface area contributed by atoms with Gasteiger partial charge in [-0.2, -0.15) is 0 Å². The fraction of sp³-hybridized carbons (Fsp3) is 0. The van der Waals surface area contributed by atoms with Crippen molar-refractivity contribution in [1.29, 1.82) is 0 Å². The Morgan fingerprint density at radius 1 is 0.833 bits per heavy atom. The van der Waals surface area contributed by atoms with Crippen LogP contribution in [0.25, 0.3) is 17.2 Å². The molecule has 0 saturated carbocycles. The normalized spacial score (nSPS) is 11.4. The molecule has 0 bridgehead atoms. The van der Waals surface area contributed by atoms with Gasteiger partial charge in [-0.1, -0.05) is 60.7 Å². The molecule has 18 heavy (non-hydrogen) atoms. The summed E-state index contributed by atoms with van der Waals surface area (Å²) in [5.41, 5.74) is 5.26. The Bertz CT molecular complexity index is 535. The molecular formula is C15H11Br2Ti. The summed E-state index contributed by atoms with van der Waals surface area (Å²) in [7, 11) is 0. The molecule has 0 fully saturated rings. The van der Waals surface area contributed by atoms with E-state index >= 15 is 0 Å². The molecule has 0 aromatic heterocycles. The van der Waals surface area contributed by atoms with E-state index in [1.54, 1.807) is 0 Å². The van der Waals surface area contributed by atoms with Gasteiger partial charge in [0.1, 0.15) is 0 Å². The zero-order valence-corrected chi connectivity index (χ0v) is 14.3. The predicted molar refractivity (Wildman–Crippen MR) is 82.2 cm³/mol. The topological polar surface area (TPSA) is 0 Å². The molecular weight excluding hydrogens is 388 g/mol. The van der Waals surface area contributed by atoms with E-state index < -0.39 is 0 Å².